The Balaban J connectivity index is 1.96. The molecule has 2 N–H and O–H groups in total. The number of hydrogen-bond donors (Lipinski definition) is 2. The number of rotatable bonds is 5. The summed E-state index contributed by atoms with van der Waals surface area (Å²) in [5.41, 5.74) is 1.10. The lowest BCUT2D eigenvalue weighted by atomic mass is 10.1. The Kier molecular flexibility index (Phi) is 4.23. The first-order valence-electron chi connectivity index (χ1n) is 6.00. The minimum Gasteiger partial charge on any atom is -0.486 e. The number of aliphatic hydroxyl groups excluding tert-OH is 1. The average Bonchev–Trinajstić information content (AvgIpc) is 2.39. The van der Waals surface area contributed by atoms with Crippen molar-refractivity contribution in [3.05, 3.63) is 23.8 Å². The summed E-state index contributed by atoms with van der Waals surface area (Å²) >= 11 is 0. The summed E-state index contributed by atoms with van der Waals surface area (Å²) in [6.07, 6.45) is 0. The van der Waals surface area contributed by atoms with E-state index >= 15 is 0 Å². The van der Waals surface area contributed by atoms with Crippen LogP contribution in [-0.4, -0.2) is 31.5 Å². The van der Waals surface area contributed by atoms with Crippen molar-refractivity contribution in [2.75, 3.05) is 26.4 Å². The molecule has 0 amide bonds. The third kappa shape index (κ3) is 3.11. The summed E-state index contributed by atoms with van der Waals surface area (Å²) in [5, 5.41) is 12.2. The van der Waals surface area contributed by atoms with Gasteiger partial charge in [0, 0.05) is 25.3 Å². The van der Waals surface area contributed by atoms with Crippen LogP contribution in [0.15, 0.2) is 18.2 Å². The van der Waals surface area contributed by atoms with E-state index < -0.39 is 0 Å². The van der Waals surface area contributed by atoms with E-state index in [1.165, 1.54) is 0 Å². The molecule has 94 valence electrons. The monoisotopic (exact) mass is 237 g/mol. The van der Waals surface area contributed by atoms with Crippen molar-refractivity contribution in [3.8, 4) is 11.5 Å². The molecule has 1 unspecified atom stereocenters. The van der Waals surface area contributed by atoms with Crippen molar-refractivity contribution < 1.29 is 14.6 Å². The lowest BCUT2D eigenvalue weighted by Crippen LogP contribution is -2.24. The van der Waals surface area contributed by atoms with Crippen molar-refractivity contribution in [1.82, 2.24) is 5.32 Å². The van der Waals surface area contributed by atoms with Gasteiger partial charge in [0.15, 0.2) is 11.5 Å². The minimum absolute atomic E-state index is 0.208. The molecule has 1 heterocycles. The Bertz CT molecular complexity index is 368. The van der Waals surface area contributed by atoms with Crippen molar-refractivity contribution in [2.45, 2.75) is 13.5 Å². The first-order chi connectivity index (χ1) is 8.31. The third-order valence-electron chi connectivity index (χ3n) is 2.77. The standard InChI is InChI=1S/C13H19NO3/c1-10(9-15)7-14-8-11-3-2-4-12-13(11)17-6-5-16-12/h2-4,10,14-15H,5-9H2,1H3. The molecule has 1 atom stereocenters. The molecule has 1 aromatic carbocycles. The first kappa shape index (κ1) is 12.2. The third-order valence-corrected chi connectivity index (χ3v) is 2.77. The van der Waals surface area contributed by atoms with Crippen molar-refractivity contribution in [1.29, 1.82) is 0 Å². The molecule has 0 spiro atoms. The summed E-state index contributed by atoms with van der Waals surface area (Å²) in [6, 6.07) is 5.93. The first-order valence-corrected chi connectivity index (χ1v) is 6.00. The molecule has 0 aromatic heterocycles. The Morgan fingerprint density at radius 2 is 2.18 bits per heavy atom. The van der Waals surface area contributed by atoms with Crippen LogP contribution in [0.25, 0.3) is 0 Å². The van der Waals surface area contributed by atoms with E-state index in [0.29, 0.717) is 13.2 Å². The fraction of sp³-hybridized carbons (Fsp3) is 0.538. The van der Waals surface area contributed by atoms with Crippen LogP contribution in [0.3, 0.4) is 0 Å². The highest BCUT2D eigenvalue weighted by Crippen LogP contribution is 2.33. The number of nitrogens with one attached hydrogen (secondary N) is 1. The zero-order valence-corrected chi connectivity index (χ0v) is 10.1. The number of fused-ring (bicyclic) bond motifs is 1. The van der Waals surface area contributed by atoms with Crippen LogP contribution in [0.1, 0.15) is 12.5 Å². The quantitative estimate of drug-likeness (QED) is 0.807. The summed E-state index contributed by atoms with van der Waals surface area (Å²) in [4.78, 5) is 0. The Labute approximate surface area is 102 Å². The van der Waals surface area contributed by atoms with Gasteiger partial charge in [0.25, 0.3) is 0 Å². The summed E-state index contributed by atoms with van der Waals surface area (Å²) in [5.74, 6) is 1.94. The smallest absolute Gasteiger partial charge is 0.165 e. The van der Waals surface area contributed by atoms with E-state index in [2.05, 4.69) is 5.32 Å². The molecule has 17 heavy (non-hydrogen) atoms. The number of benzene rings is 1. The molecule has 4 nitrogen and oxygen atoms in total. The predicted molar refractivity (Wildman–Crippen MR) is 65.4 cm³/mol. The number of ether oxygens (including phenoxy) is 2. The summed E-state index contributed by atoms with van der Waals surface area (Å²) in [7, 11) is 0. The number of para-hydroxylation sites is 1. The predicted octanol–water partition coefficient (Wildman–Crippen LogP) is 1.18. The van der Waals surface area contributed by atoms with E-state index in [-0.39, 0.29) is 12.5 Å². The molecule has 0 aliphatic carbocycles. The lowest BCUT2D eigenvalue weighted by Gasteiger charge is -2.21. The zero-order chi connectivity index (χ0) is 12.1. The van der Waals surface area contributed by atoms with Gasteiger partial charge in [0.1, 0.15) is 13.2 Å². The minimum atomic E-state index is 0.208. The van der Waals surface area contributed by atoms with Gasteiger partial charge >= 0.3 is 0 Å². The van der Waals surface area contributed by atoms with E-state index in [1.54, 1.807) is 0 Å². The Morgan fingerprint density at radius 1 is 1.35 bits per heavy atom. The lowest BCUT2D eigenvalue weighted by molar-refractivity contribution is 0.169. The highest BCUT2D eigenvalue weighted by atomic mass is 16.6. The van der Waals surface area contributed by atoms with Crippen LogP contribution in [0.4, 0.5) is 0 Å². The molecule has 1 aromatic rings. The van der Waals surface area contributed by atoms with Gasteiger partial charge in [-0.3, -0.25) is 0 Å². The summed E-state index contributed by atoms with van der Waals surface area (Å²) < 4.78 is 11.1. The maximum atomic E-state index is 8.94. The molecule has 0 saturated carbocycles. The molecule has 0 saturated heterocycles. The van der Waals surface area contributed by atoms with Gasteiger partial charge < -0.3 is 19.9 Å². The van der Waals surface area contributed by atoms with Gasteiger partial charge in [-0.15, -0.1) is 0 Å². The highest BCUT2D eigenvalue weighted by Gasteiger charge is 2.15. The van der Waals surface area contributed by atoms with Crippen LogP contribution in [0.5, 0.6) is 11.5 Å². The van der Waals surface area contributed by atoms with E-state index in [9.17, 15) is 0 Å². The average molecular weight is 237 g/mol. The summed E-state index contributed by atoms with van der Waals surface area (Å²) in [6.45, 7) is 4.97. The topological polar surface area (TPSA) is 50.7 Å². The van der Waals surface area contributed by atoms with Gasteiger partial charge in [-0.2, -0.15) is 0 Å². The fourth-order valence-corrected chi connectivity index (χ4v) is 1.79. The molecular formula is C13H19NO3. The molecular weight excluding hydrogens is 218 g/mol. The van der Waals surface area contributed by atoms with E-state index in [0.717, 1.165) is 30.2 Å². The largest absolute Gasteiger partial charge is 0.486 e. The van der Waals surface area contributed by atoms with Crippen LogP contribution < -0.4 is 14.8 Å². The van der Waals surface area contributed by atoms with E-state index in [1.807, 2.05) is 25.1 Å². The SMILES string of the molecule is CC(CO)CNCc1cccc2c1OCCO2. The molecule has 0 radical (unpaired) electrons. The Hall–Kier alpha value is -1.26. The highest BCUT2D eigenvalue weighted by molar-refractivity contribution is 5.47. The van der Waals surface area contributed by atoms with Gasteiger partial charge in [-0.25, -0.2) is 0 Å². The fourth-order valence-electron chi connectivity index (χ4n) is 1.79. The number of hydrogen-bond acceptors (Lipinski definition) is 4. The normalized spacial score (nSPS) is 15.6. The van der Waals surface area contributed by atoms with E-state index in [4.69, 9.17) is 14.6 Å². The van der Waals surface area contributed by atoms with Crippen molar-refractivity contribution >= 4 is 0 Å². The number of aliphatic hydroxyl groups is 1. The molecule has 1 aliphatic rings. The van der Waals surface area contributed by atoms with Crippen molar-refractivity contribution in [2.24, 2.45) is 5.92 Å². The second kappa shape index (κ2) is 5.89. The zero-order valence-electron chi connectivity index (χ0n) is 10.1. The maximum absolute atomic E-state index is 8.94. The van der Waals surface area contributed by atoms with Crippen LogP contribution in [0.2, 0.25) is 0 Å². The molecule has 2 rings (SSSR count). The van der Waals surface area contributed by atoms with Gasteiger partial charge in [-0.05, 0) is 12.0 Å². The van der Waals surface area contributed by atoms with Gasteiger partial charge in [0.05, 0.1) is 0 Å². The van der Waals surface area contributed by atoms with Gasteiger partial charge in [0.2, 0.25) is 0 Å². The Morgan fingerprint density at radius 3 is 3.00 bits per heavy atom. The maximum Gasteiger partial charge on any atom is 0.165 e. The molecule has 1 aliphatic heterocycles. The molecule has 0 fully saturated rings. The second-order valence-corrected chi connectivity index (χ2v) is 4.36. The molecule has 0 bridgehead atoms. The second-order valence-electron chi connectivity index (χ2n) is 4.36. The van der Waals surface area contributed by atoms with Crippen molar-refractivity contribution in [3.63, 3.8) is 0 Å². The van der Waals surface area contributed by atoms with Crippen LogP contribution in [-0.2, 0) is 6.54 Å². The van der Waals surface area contributed by atoms with Gasteiger partial charge in [-0.1, -0.05) is 19.1 Å². The van der Waals surface area contributed by atoms with Crippen LogP contribution in [0, 0.1) is 5.92 Å². The van der Waals surface area contributed by atoms with Crippen LogP contribution >= 0.6 is 0 Å². The molecule has 4 heteroatoms.